The minimum Gasteiger partial charge on any atom is -0.450 e. The predicted molar refractivity (Wildman–Crippen MR) is 104 cm³/mol. The maximum absolute atomic E-state index is 12.6. The molecule has 1 aromatic rings. The Morgan fingerprint density at radius 3 is 2.37 bits per heavy atom. The zero-order valence-electron chi connectivity index (χ0n) is 16.3. The third-order valence-corrected chi connectivity index (χ3v) is 5.45. The third kappa shape index (κ3) is 5.11. The Bertz CT molecular complexity index is 633. The number of aromatic nitrogens is 1. The van der Waals surface area contributed by atoms with Gasteiger partial charge < -0.3 is 19.9 Å². The highest BCUT2D eigenvalue weighted by Gasteiger charge is 2.24. The number of carbonyl (C=O) groups is 2. The lowest BCUT2D eigenvalue weighted by Gasteiger charge is -2.32. The lowest BCUT2D eigenvalue weighted by Crippen LogP contribution is -2.42. The van der Waals surface area contributed by atoms with E-state index < -0.39 is 0 Å². The van der Waals surface area contributed by atoms with Crippen LogP contribution in [-0.2, 0) is 4.74 Å². The fraction of sp³-hybridized carbons (Fsp3) is 0.650. The quantitative estimate of drug-likeness (QED) is 0.877. The van der Waals surface area contributed by atoms with Gasteiger partial charge in [-0.3, -0.25) is 4.79 Å². The van der Waals surface area contributed by atoms with E-state index in [1.54, 1.807) is 17.2 Å². The van der Waals surface area contributed by atoms with Gasteiger partial charge in [0, 0.05) is 32.2 Å². The van der Waals surface area contributed by atoms with Crippen LogP contribution in [0.3, 0.4) is 0 Å². The molecule has 2 aliphatic rings. The first kappa shape index (κ1) is 19.5. The minimum atomic E-state index is -0.229. The number of nitrogens with zero attached hydrogens (tertiary/aromatic N) is 3. The molecular formula is C20H30N4O3. The van der Waals surface area contributed by atoms with Gasteiger partial charge in [-0.25, -0.2) is 9.78 Å². The highest BCUT2D eigenvalue weighted by molar-refractivity contribution is 5.92. The Balaban J connectivity index is 1.48. The maximum atomic E-state index is 12.6. The van der Waals surface area contributed by atoms with Crippen molar-refractivity contribution in [1.82, 2.24) is 14.8 Å². The fourth-order valence-electron chi connectivity index (χ4n) is 3.64. The molecule has 7 heteroatoms. The van der Waals surface area contributed by atoms with Crippen LogP contribution < -0.4 is 5.32 Å². The van der Waals surface area contributed by atoms with Gasteiger partial charge in [0.15, 0.2) is 0 Å². The first-order valence-electron chi connectivity index (χ1n) is 10.0. The smallest absolute Gasteiger partial charge is 0.409 e. The molecule has 0 aliphatic carbocycles. The van der Waals surface area contributed by atoms with Crippen LogP contribution >= 0.6 is 0 Å². The summed E-state index contributed by atoms with van der Waals surface area (Å²) in [4.78, 5) is 32.3. The van der Waals surface area contributed by atoms with E-state index in [4.69, 9.17) is 4.74 Å². The van der Waals surface area contributed by atoms with Crippen molar-refractivity contribution in [3.05, 3.63) is 24.0 Å². The number of piperidine rings is 2. The van der Waals surface area contributed by atoms with E-state index in [-0.39, 0.29) is 12.0 Å². The van der Waals surface area contributed by atoms with E-state index in [1.807, 2.05) is 17.9 Å². The van der Waals surface area contributed by atoms with Gasteiger partial charge >= 0.3 is 6.09 Å². The molecular weight excluding hydrogens is 344 g/mol. The van der Waals surface area contributed by atoms with E-state index in [1.165, 1.54) is 0 Å². The van der Waals surface area contributed by atoms with Crippen LogP contribution in [0.1, 0.15) is 50.0 Å². The molecule has 27 heavy (non-hydrogen) atoms. The molecule has 1 aromatic heterocycles. The van der Waals surface area contributed by atoms with Crippen LogP contribution in [0.2, 0.25) is 0 Å². The fourth-order valence-corrected chi connectivity index (χ4v) is 3.64. The van der Waals surface area contributed by atoms with Crippen LogP contribution in [0.25, 0.3) is 0 Å². The summed E-state index contributed by atoms with van der Waals surface area (Å²) >= 11 is 0. The Morgan fingerprint density at radius 1 is 1.11 bits per heavy atom. The van der Waals surface area contributed by atoms with Crippen LogP contribution in [0.5, 0.6) is 0 Å². The van der Waals surface area contributed by atoms with Crippen molar-refractivity contribution in [3.63, 3.8) is 0 Å². The summed E-state index contributed by atoms with van der Waals surface area (Å²) in [7, 11) is 0. The van der Waals surface area contributed by atoms with Crippen LogP contribution in [-0.4, -0.2) is 65.6 Å². The van der Waals surface area contributed by atoms with Gasteiger partial charge in [-0.2, -0.15) is 0 Å². The number of amides is 2. The summed E-state index contributed by atoms with van der Waals surface area (Å²) in [6, 6.07) is 4.02. The topological polar surface area (TPSA) is 74.8 Å². The van der Waals surface area contributed by atoms with Gasteiger partial charge in [-0.15, -0.1) is 0 Å². The highest BCUT2D eigenvalue weighted by Crippen LogP contribution is 2.20. The van der Waals surface area contributed by atoms with Crippen molar-refractivity contribution in [2.45, 2.75) is 45.6 Å². The number of ether oxygens (including phenoxy) is 1. The predicted octanol–water partition coefficient (Wildman–Crippen LogP) is 2.99. The Kier molecular flexibility index (Phi) is 6.53. The molecule has 2 fully saturated rings. The molecule has 3 rings (SSSR count). The first-order valence-corrected chi connectivity index (χ1v) is 10.0. The number of nitrogens with one attached hydrogen (secondary N) is 1. The van der Waals surface area contributed by atoms with E-state index in [0.717, 1.165) is 44.5 Å². The molecule has 0 saturated carbocycles. The summed E-state index contributed by atoms with van der Waals surface area (Å²) in [6.45, 7) is 7.48. The van der Waals surface area contributed by atoms with Crippen molar-refractivity contribution >= 4 is 17.7 Å². The van der Waals surface area contributed by atoms with Gasteiger partial charge in [-0.05, 0) is 50.7 Å². The summed E-state index contributed by atoms with van der Waals surface area (Å²) in [6.07, 6.45) is 5.37. The van der Waals surface area contributed by atoms with Crippen LogP contribution in [0.4, 0.5) is 10.5 Å². The SMILES string of the molecule is CCOC(=O)N1CCC(Nc2ccc(C(=O)N3CCC(C)CC3)nc2)CC1. The normalized spacial score (nSPS) is 19.0. The van der Waals surface area contributed by atoms with Crippen molar-refractivity contribution in [2.24, 2.45) is 5.92 Å². The van der Waals surface area contributed by atoms with Gasteiger partial charge in [0.05, 0.1) is 18.5 Å². The second kappa shape index (κ2) is 9.06. The Morgan fingerprint density at radius 2 is 1.78 bits per heavy atom. The molecule has 0 spiro atoms. The van der Waals surface area contributed by atoms with Gasteiger partial charge in [0.2, 0.25) is 0 Å². The Hall–Kier alpha value is -2.31. The number of anilines is 1. The number of carbonyl (C=O) groups excluding carboxylic acids is 2. The van der Waals surface area contributed by atoms with Crippen molar-refractivity contribution < 1.29 is 14.3 Å². The van der Waals surface area contributed by atoms with E-state index in [0.29, 0.717) is 37.4 Å². The third-order valence-electron chi connectivity index (χ3n) is 5.45. The van der Waals surface area contributed by atoms with E-state index >= 15 is 0 Å². The van der Waals surface area contributed by atoms with Gasteiger partial charge in [0.1, 0.15) is 5.69 Å². The molecule has 0 bridgehead atoms. The first-order chi connectivity index (χ1) is 13.1. The maximum Gasteiger partial charge on any atom is 0.409 e. The number of likely N-dealkylation sites (tertiary alicyclic amines) is 2. The van der Waals surface area contributed by atoms with Crippen molar-refractivity contribution in [1.29, 1.82) is 0 Å². The molecule has 148 valence electrons. The average molecular weight is 374 g/mol. The lowest BCUT2D eigenvalue weighted by atomic mass is 9.99. The summed E-state index contributed by atoms with van der Waals surface area (Å²) < 4.78 is 5.05. The molecule has 2 aliphatic heterocycles. The van der Waals surface area contributed by atoms with Gasteiger partial charge in [-0.1, -0.05) is 6.92 Å². The second-order valence-corrected chi connectivity index (χ2v) is 7.51. The largest absolute Gasteiger partial charge is 0.450 e. The van der Waals surface area contributed by atoms with Gasteiger partial charge in [0.25, 0.3) is 5.91 Å². The highest BCUT2D eigenvalue weighted by atomic mass is 16.6. The zero-order valence-corrected chi connectivity index (χ0v) is 16.3. The summed E-state index contributed by atoms with van der Waals surface area (Å²) in [5.41, 5.74) is 1.42. The van der Waals surface area contributed by atoms with Crippen molar-refractivity contribution in [2.75, 3.05) is 38.1 Å². The molecule has 0 radical (unpaired) electrons. The van der Waals surface area contributed by atoms with Crippen LogP contribution in [0.15, 0.2) is 18.3 Å². The Labute approximate surface area is 161 Å². The number of hydrogen-bond donors (Lipinski definition) is 1. The number of rotatable bonds is 4. The molecule has 3 heterocycles. The standard InChI is InChI=1S/C20H30N4O3/c1-3-27-20(26)24-12-8-16(9-13-24)22-17-4-5-18(21-14-17)19(25)23-10-6-15(2)7-11-23/h4-5,14-16,22H,3,6-13H2,1-2H3. The summed E-state index contributed by atoms with van der Waals surface area (Å²) in [5, 5.41) is 3.46. The molecule has 2 saturated heterocycles. The second-order valence-electron chi connectivity index (χ2n) is 7.51. The monoisotopic (exact) mass is 374 g/mol. The molecule has 1 N–H and O–H groups in total. The molecule has 0 atom stereocenters. The number of pyridine rings is 1. The van der Waals surface area contributed by atoms with E-state index in [2.05, 4.69) is 17.2 Å². The summed E-state index contributed by atoms with van der Waals surface area (Å²) in [5.74, 6) is 0.722. The van der Waals surface area contributed by atoms with Crippen LogP contribution in [0, 0.1) is 5.92 Å². The molecule has 2 amide bonds. The number of hydrogen-bond acceptors (Lipinski definition) is 5. The molecule has 7 nitrogen and oxygen atoms in total. The molecule has 0 unspecified atom stereocenters. The minimum absolute atomic E-state index is 0.0243. The van der Waals surface area contributed by atoms with Crippen molar-refractivity contribution in [3.8, 4) is 0 Å². The van der Waals surface area contributed by atoms with E-state index in [9.17, 15) is 9.59 Å². The average Bonchev–Trinajstić information content (AvgIpc) is 2.69. The lowest BCUT2D eigenvalue weighted by molar-refractivity contribution is 0.0691. The zero-order chi connectivity index (χ0) is 19.2. The molecule has 0 aromatic carbocycles.